The standard InChI is InChI=1S/C32H45ClN4O4S.C16H22ClNO4S/c1-26-9-6-13-29(33)31(26)42(39,40)37-20-3-2-11-28(37)12-7-14-30(38)36-21-15-32(16-22-36,27-10-8-17-34-25-27)41-24-23-35-18-4-5-19-35;1-12-6-4-9-14(17)16(12)23(21,22)18-11-3-2-7-13(18)8-5-10-15(19)20/h6,8-10,13,17,25,28H,2-5,7,11-12,14-16,18-24H2,1H3;4,6,9,13H,2-3,5,7-8,10-11H2,1H3,(H,19,20). The van der Waals surface area contributed by atoms with E-state index in [1.165, 1.54) is 17.1 Å². The lowest BCUT2D eigenvalue weighted by Crippen LogP contribution is -2.47. The van der Waals surface area contributed by atoms with Gasteiger partial charge in [-0.1, -0.05) is 66.4 Å². The minimum atomic E-state index is -3.71. The summed E-state index contributed by atoms with van der Waals surface area (Å²) in [5.74, 6) is -0.712. The lowest BCUT2D eigenvalue weighted by atomic mass is 9.84. The van der Waals surface area contributed by atoms with Crippen LogP contribution in [0.4, 0.5) is 0 Å². The molecule has 2 aromatic carbocycles. The van der Waals surface area contributed by atoms with E-state index in [-0.39, 0.29) is 44.2 Å². The van der Waals surface area contributed by atoms with Crippen molar-refractivity contribution in [3.05, 3.63) is 87.7 Å². The number of aryl methyl sites for hydroxylation is 2. The Hall–Kier alpha value is -3.15. The van der Waals surface area contributed by atoms with Gasteiger partial charge in [-0.25, -0.2) is 16.8 Å². The van der Waals surface area contributed by atoms with Crippen molar-refractivity contribution in [1.29, 1.82) is 0 Å². The smallest absolute Gasteiger partial charge is 0.303 e. The molecule has 13 nitrogen and oxygen atoms in total. The summed E-state index contributed by atoms with van der Waals surface area (Å²) < 4.78 is 63.2. The van der Waals surface area contributed by atoms with Gasteiger partial charge in [-0.15, -0.1) is 0 Å². The van der Waals surface area contributed by atoms with Gasteiger partial charge in [-0.3, -0.25) is 14.6 Å². The minimum Gasteiger partial charge on any atom is -0.481 e. The van der Waals surface area contributed by atoms with Gasteiger partial charge in [-0.2, -0.15) is 8.61 Å². The number of hydrogen-bond donors (Lipinski definition) is 1. The number of benzene rings is 2. The van der Waals surface area contributed by atoms with E-state index < -0.39 is 31.6 Å². The number of carboxylic acid groups (broad SMARTS) is 1. The fraction of sp³-hybridized carbons (Fsp3) is 0.604. The molecule has 0 aliphatic carbocycles. The quantitative estimate of drug-likeness (QED) is 0.139. The Balaban J connectivity index is 0.000000257. The highest BCUT2D eigenvalue weighted by Gasteiger charge is 2.40. The van der Waals surface area contributed by atoms with Crippen molar-refractivity contribution in [2.75, 3.05) is 52.4 Å². The Morgan fingerprint density at radius 2 is 1.25 bits per heavy atom. The summed E-state index contributed by atoms with van der Waals surface area (Å²) >= 11 is 12.5. The van der Waals surface area contributed by atoms with Crippen molar-refractivity contribution in [2.24, 2.45) is 0 Å². The molecule has 0 bridgehead atoms. The van der Waals surface area contributed by atoms with E-state index in [2.05, 4.69) is 16.0 Å². The van der Waals surface area contributed by atoms with E-state index in [9.17, 15) is 26.4 Å². The maximum absolute atomic E-state index is 13.7. The molecule has 4 aliphatic heterocycles. The summed E-state index contributed by atoms with van der Waals surface area (Å²) in [5, 5.41) is 9.27. The second-order valence-corrected chi connectivity index (χ2v) is 22.5. The van der Waals surface area contributed by atoms with Crippen LogP contribution in [0.15, 0.2) is 70.7 Å². The SMILES string of the molecule is Cc1cccc(Cl)c1S(=O)(=O)N1CCCCC1CCCC(=O)N1CCC(OCCN2CCCC2)(c2cccnc2)CC1.Cc1cccc(Cl)c1S(=O)(=O)N1CCCCC1CCCC(=O)O. The van der Waals surface area contributed by atoms with Crippen LogP contribution in [0.3, 0.4) is 0 Å². The molecule has 7 rings (SSSR count). The highest BCUT2D eigenvalue weighted by atomic mass is 35.5. The van der Waals surface area contributed by atoms with Gasteiger partial charge >= 0.3 is 5.97 Å². The Labute approximate surface area is 396 Å². The normalized spacial score (nSPS) is 21.1. The van der Waals surface area contributed by atoms with E-state index in [0.29, 0.717) is 76.0 Å². The van der Waals surface area contributed by atoms with Crippen LogP contribution < -0.4 is 0 Å². The molecule has 65 heavy (non-hydrogen) atoms. The number of piperidine rings is 3. The average Bonchev–Trinajstić information content (AvgIpc) is 3.81. The molecule has 2 unspecified atom stereocenters. The molecule has 4 aliphatic rings. The number of aromatic nitrogens is 1. The predicted molar refractivity (Wildman–Crippen MR) is 254 cm³/mol. The van der Waals surface area contributed by atoms with Gasteiger partial charge in [0.05, 0.1) is 22.3 Å². The number of likely N-dealkylation sites (tertiary alicyclic amines) is 2. The molecule has 0 radical (unpaired) electrons. The fourth-order valence-corrected chi connectivity index (χ4v) is 15.1. The summed E-state index contributed by atoms with van der Waals surface area (Å²) in [7, 11) is -7.38. The third-order valence-corrected chi connectivity index (χ3v) is 18.7. The number of carbonyl (C=O) groups is 2. The van der Waals surface area contributed by atoms with Crippen LogP contribution in [0.5, 0.6) is 0 Å². The van der Waals surface area contributed by atoms with Crippen LogP contribution in [0, 0.1) is 13.8 Å². The summed E-state index contributed by atoms with van der Waals surface area (Å²) in [6, 6.07) is 14.0. The Morgan fingerprint density at radius 1 is 0.723 bits per heavy atom. The van der Waals surface area contributed by atoms with Crippen LogP contribution in [0.1, 0.15) is 119 Å². The molecule has 0 saturated carbocycles. The number of amides is 1. The minimum absolute atomic E-state index is 0.0650. The number of nitrogens with zero attached hydrogens (tertiary/aromatic N) is 5. The average molecular weight is 977 g/mol. The molecule has 1 amide bonds. The van der Waals surface area contributed by atoms with Crippen LogP contribution in [0.2, 0.25) is 10.0 Å². The first-order valence-electron chi connectivity index (χ1n) is 23.4. The number of carboxylic acids is 1. The zero-order valence-electron chi connectivity index (χ0n) is 38.0. The van der Waals surface area contributed by atoms with E-state index in [4.69, 9.17) is 33.0 Å². The Morgan fingerprint density at radius 3 is 1.74 bits per heavy atom. The van der Waals surface area contributed by atoms with Gasteiger partial charge < -0.3 is 19.6 Å². The summed E-state index contributed by atoms with van der Waals surface area (Å²) in [5.41, 5.74) is 1.96. The number of halogens is 2. The molecule has 17 heteroatoms. The topological polar surface area (TPSA) is 158 Å². The van der Waals surface area contributed by atoms with Crippen molar-refractivity contribution in [3.63, 3.8) is 0 Å². The number of aliphatic carboxylic acids is 1. The van der Waals surface area contributed by atoms with Crippen molar-refractivity contribution >= 4 is 55.1 Å². The number of rotatable bonds is 17. The largest absolute Gasteiger partial charge is 0.481 e. The highest BCUT2D eigenvalue weighted by molar-refractivity contribution is 7.89. The lowest BCUT2D eigenvalue weighted by molar-refractivity contribution is -0.140. The van der Waals surface area contributed by atoms with Gasteiger partial charge in [0.1, 0.15) is 9.79 Å². The Kier molecular flexibility index (Phi) is 18.7. The molecule has 3 aromatic rings. The van der Waals surface area contributed by atoms with Gasteiger partial charge in [0.15, 0.2) is 0 Å². The highest BCUT2D eigenvalue weighted by Crippen LogP contribution is 2.38. The van der Waals surface area contributed by atoms with Crippen LogP contribution >= 0.6 is 23.2 Å². The second-order valence-electron chi connectivity index (χ2n) is 18.0. The van der Waals surface area contributed by atoms with Crippen molar-refractivity contribution in [2.45, 2.75) is 144 Å². The molecule has 0 spiro atoms. The molecular weight excluding hydrogens is 910 g/mol. The summed E-state index contributed by atoms with van der Waals surface area (Å²) in [6.45, 7) is 9.69. The van der Waals surface area contributed by atoms with Crippen molar-refractivity contribution in [1.82, 2.24) is 23.4 Å². The van der Waals surface area contributed by atoms with Crippen molar-refractivity contribution < 1.29 is 36.3 Å². The monoisotopic (exact) mass is 975 g/mol. The van der Waals surface area contributed by atoms with Gasteiger partial charge in [0.25, 0.3) is 0 Å². The van der Waals surface area contributed by atoms with Crippen molar-refractivity contribution in [3.8, 4) is 0 Å². The van der Waals surface area contributed by atoms with E-state index in [0.717, 1.165) is 76.6 Å². The first kappa shape index (κ1) is 51.2. The lowest BCUT2D eigenvalue weighted by Gasteiger charge is -2.42. The molecule has 5 heterocycles. The molecule has 2 atom stereocenters. The third-order valence-electron chi connectivity index (χ3n) is 13.6. The molecular formula is C48H67Cl2N5O8S2. The van der Waals surface area contributed by atoms with Crippen LogP contribution in [0.25, 0.3) is 0 Å². The zero-order chi connectivity index (χ0) is 46.6. The molecule has 4 saturated heterocycles. The van der Waals surface area contributed by atoms with Gasteiger partial charge in [0, 0.05) is 75.6 Å². The van der Waals surface area contributed by atoms with Gasteiger partial charge in [-0.05, 0) is 133 Å². The first-order chi connectivity index (χ1) is 31.1. The number of sulfonamides is 2. The van der Waals surface area contributed by atoms with Gasteiger partial charge in [0.2, 0.25) is 26.0 Å². The van der Waals surface area contributed by atoms with E-state index in [1.807, 2.05) is 17.2 Å². The van der Waals surface area contributed by atoms with Crippen LogP contribution in [-0.2, 0) is 40.0 Å². The summed E-state index contributed by atoms with van der Waals surface area (Å²) in [4.78, 5) is 33.1. The number of pyridine rings is 1. The number of carbonyl (C=O) groups excluding carboxylic acids is 1. The fourth-order valence-electron chi connectivity index (χ4n) is 10.1. The van der Waals surface area contributed by atoms with Crippen LogP contribution in [-0.4, -0.2) is 122 Å². The predicted octanol–water partition coefficient (Wildman–Crippen LogP) is 8.83. The molecule has 4 fully saturated rings. The maximum atomic E-state index is 13.7. The summed E-state index contributed by atoms with van der Waals surface area (Å²) in [6.07, 6.45) is 15.8. The maximum Gasteiger partial charge on any atom is 0.303 e. The Bertz CT molecular complexity index is 2230. The number of hydrogen-bond acceptors (Lipinski definition) is 9. The number of ether oxygens (including phenoxy) is 1. The molecule has 1 aromatic heterocycles. The zero-order valence-corrected chi connectivity index (χ0v) is 41.2. The third kappa shape index (κ3) is 13.1. The molecule has 358 valence electrons. The van der Waals surface area contributed by atoms with E-state index in [1.54, 1.807) is 60.7 Å². The van der Waals surface area contributed by atoms with E-state index >= 15 is 0 Å². The first-order valence-corrected chi connectivity index (χ1v) is 27.1. The second kappa shape index (κ2) is 23.7. The molecule has 1 N–H and O–H groups in total.